The smallest absolute Gasteiger partial charge is 0.405 e. The van der Waals surface area contributed by atoms with E-state index in [9.17, 15) is 18.4 Å². The Morgan fingerprint density at radius 3 is 2.29 bits per heavy atom. The maximum atomic E-state index is 13.4. The van der Waals surface area contributed by atoms with Crippen LogP contribution in [0.25, 0.3) is 0 Å². The highest BCUT2D eigenvalue weighted by Gasteiger charge is 2.25. The third-order valence-electron chi connectivity index (χ3n) is 4.78. The maximum absolute atomic E-state index is 13.4. The fourth-order valence-electron chi connectivity index (χ4n) is 3.29. The molecule has 28 heavy (non-hydrogen) atoms. The molecule has 1 unspecified atom stereocenters. The molecule has 1 heterocycles. The van der Waals surface area contributed by atoms with Gasteiger partial charge in [-0.1, -0.05) is 30.3 Å². The van der Waals surface area contributed by atoms with Crippen LogP contribution in [0.3, 0.4) is 0 Å². The predicted molar refractivity (Wildman–Crippen MR) is 100 cm³/mol. The van der Waals surface area contributed by atoms with Gasteiger partial charge in [0.2, 0.25) is 5.91 Å². The number of carbonyl (C=O) groups is 2. The van der Waals surface area contributed by atoms with E-state index in [4.69, 9.17) is 5.11 Å². The van der Waals surface area contributed by atoms with E-state index in [2.05, 4.69) is 5.32 Å². The molecule has 8 heteroatoms. The Hall–Kier alpha value is -3.16. The van der Waals surface area contributed by atoms with E-state index >= 15 is 0 Å². The molecule has 1 saturated heterocycles. The van der Waals surface area contributed by atoms with Gasteiger partial charge in [-0.15, -0.1) is 0 Å². The Balaban J connectivity index is 1.60. The van der Waals surface area contributed by atoms with Crippen molar-refractivity contribution in [1.29, 1.82) is 0 Å². The van der Waals surface area contributed by atoms with Gasteiger partial charge in [0.15, 0.2) is 11.6 Å². The Morgan fingerprint density at radius 1 is 1.00 bits per heavy atom. The minimum absolute atomic E-state index is 0.0154. The summed E-state index contributed by atoms with van der Waals surface area (Å²) < 4.78 is 26.5. The standard InChI is InChI=1S/C20H21F2N3O3/c21-16-7-6-15(12-17(16)22)24-8-10-25(11-9-24)19(26)13-18(23-20(27)28)14-4-2-1-3-5-14/h1-7,12,18,23H,8-11,13H2,(H,27,28). The van der Waals surface area contributed by atoms with E-state index in [0.717, 1.165) is 17.7 Å². The molecule has 1 aliphatic rings. The van der Waals surface area contributed by atoms with Crippen LogP contribution in [0.4, 0.5) is 19.3 Å². The monoisotopic (exact) mass is 389 g/mol. The summed E-state index contributed by atoms with van der Waals surface area (Å²) in [6.45, 7) is 1.82. The van der Waals surface area contributed by atoms with Crippen LogP contribution in [-0.4, -0.2) is 48.2 Å². The zero-order valence-electron chi connectivity index (χ0n) is 15.1. The molecule has 0 bridgehead atoms. The zero-order valence-corrected chi connectivity index (χ0v) is 15.1. The molecule has 1 fully saturated rings. The number of carboxylic acid groups (broad SMARTS) is 1. The molecule has 0 spiro atoms. The molecule has 6 nitrogen and oxygen atoms in total. The molecule has 0 saturated carbocycles. The number of nitrogens with zero attached hydrogens (tertiary/aromatic N) is 2. The van der Waals surface area contributed by atoms with Crippen LogP contribution in [0.1, 0.15) is 18.0 Å². The predicted octanol–water partition coefficient (Wildman–Crippen LogP) is 3.01. The minimum atomic E-state index is -1.19. The van der Waals surface area contributed by atoms with Crippen LogP contribution in [0.15, 0.2) is 48.5 Å². The largest absolute Gasteiger partial charge is 0.465 e. The highest BCUT2D eigenvalue weighted by Crippen LogP contribution is 2.22. The van der Waals surface area contributed by atoms with Gasteiger partial charge in [-0.2, -0.15) is 0 Å². The number of benzene rings is 2. The lowest BCUT2D eigenvalue weighted by molar-refractivity contribution is -0.132. The molecule has 1 atom stereocenters. The van der Waals surface area contributed by atoms with E-state index in [1.807, 2.05) is 11.0 Å². The highest BCUT2D eigenvalue weighted by atomic mass is 19.2. The summed E-state index contributed by atoms with van der Waals surface area (Å²) in [6.07, 6.45) is -1.17. The lowest BCUT2D eigenvalue weighted by Crippen LogP contribution is -2.49. The summed E-state index contributed by atoms with van der Waals surface area (Å²) in [4.78, 5) is 27.3. The lowest BCUT2D eigenvalue weighted by atomic mass is 10.0. The second-order valence-electron chi connectivity index (χ2n) is 6.58. The van der Waals surface area contributed by atoms with Crippen molar-refractivity contribution in [3.05, 3.63) is 65.7 Å². The van der Waals surface area contributed by atoms with Gasteiger partial charge in [0.1, 0.15) is 0 Å². The SMILES string of the molecule is O=C(O)NC(CC(=O)N1CCN(c2ccc(F)c(F)c2)CC1)c1ccccc1. The first-order chi connectivity index (χ1) is 13.4. The molecular formula is C20H21F2N3O3. The number of nitrogens with one attached hydrogen (secondary N) is 1. The van der Waals surface area contributed by atoms with Crippen molar-refractivity contribution >= 4 is 17.7 Å². The van der Waals surface area contributed by atoms with E-state index in [1.54, 1.807) is 29.2 Å². The molecule has 1 aliphatic heterocycles. The average Bonchev–Trinajstić information content (AvgIpc) is 2.70. The van der Waals surface area contributed by atoms with Crippen LogP contribution in [0.2, 0.25) is 0 Å². The van der Waals surface area contributed by atoms with Crippen LogP contribution < -0.4 is 10.2 Å². The average molecular weight is 389 g/mol. The van der Waals surface area contributed by atoms with Gasteiger partial charge in [-0.3, -0.25) is 4.79 Å². The molecule has 0 aromatic heterocycles. The van der Waals surface area contributed by atoms with Crippen molar-refractivity contribution in [2.24, 2.45) is 0 Å². The van der Waals surface area contributed by atoms with Crippen molar-refractivity contribution in [1.82, 2.24) is 10.2 Å². The fraction of sp³-hybridized carbons (Fsp3) is 0.300. The van der Waals surface area contributed by atoms with Gasteiger partial charge in [-0.05, 0) is 17.7 Å². The fourth-order valence-corrected chi connectivity index (χ4v) is 3.29. The summed E-state index contributed by atoms with van der Waals surface area (Å²) in [7, 11) is 0. The van der Waals surface area contributed by atoms with Crippen LogP contribution >= 0.6 is 0 Å². The molecule has 2 aromatic rings. The molecule has 3 rings (SSSR count). The number of carbonyl (C=O) groups excluding carboxylic acids is 1. The van der Waals surface area contributed by atoms with Crippen molar-refractivity contribution in [3.63, 3.8) is 0 Å². The van der Waals surface area contributed by atoms with Crippen molar-refractivity contribution in [2.75, 3.05) is 31.1 Å². The molecule has 0 radical (unpaired) electrons. The van der Waals surface area contributed by atoms with E-state index < -0.39 is 23.8 Å². The Kier molecular flexibility index (Phi) is 6.08. The highest BCUT2D eigenvalue weighted by molar-refractivity contribution is 5.78. The number of rotatable bonds is 5. The Labute approximate surface area is 161 Å². The Morgan fingerprint density at radius 2 is 1.68 bits per heavy atom. The summed E-state index contributed by atoms with van der Waals surface area (Å²) in [5.74, 6) is -1.95. The van der Waals surface area contributed by atoms with Crippen molar-refractivity contribution in [3.8, 4) is 0 Å². The van der Waals surface area contributed by atoms with Gasteiger partial charge in [-0.25, -0.2) is 13.6 Å². The minimum Gasteiger partial charge on any atom is -0.465 e. The van der Waals surface area contributed by atoms with Gasteiger partial charge < -0.3 is 20.2 Å². The normalized spacial score (nSPS) is 15.2. The molecule has 2 N–H and O–H groups in total. The van der Waals surface area contributed by atoms with Gasteiger partial charge in [0.05, 0.1) is 12.5 Å². The number of piperazine rings is 1. The van der Waals surface area contributed by atoms with Crippen LogP contribution in [0, 0.1) is 11.6 Å². The molecular weight excluding hydrogens is 368 g/mol. The summed E-state index contributed by atoms with van der Waals surface area (Å²) in [6, 6.07) is 12.1. The second-order valence-corrected chi connectivity index (χ2v) is 6.58. The van der Waals surface area contributed by atoms with E-state index in [1.165, 1.54) is 6.07 Å². The van der Waals surface area contributed by atoms with Gasteiger partial charge in [0.25, 0.3) is 0 Å². The van der Waals surface area contributed by atoms with E-state index in [-0.39, 0.29) is 12.3 Å². The molecule has 2 aromatic carbocycles. The van der Waals surface area contributed by atoms with Gasteiger partial charge >= 0.3 is 6.09 Å². The third-order valence-corrected chi connectivity index (χ3v) is 4.78. The summed E-state index contributed by atoms with van der Waals surface area (Å²) in [5.41, 5.74) is 1.29. The number of amides is 2. The lowest BCUT2D eigenvalue weighted by Gasteiger charge is -2.36. The summed E-state index contributed by atoms with van der Waals surface area (Å²) in [5, 5.41) is 11.5. The number of hydrogen-bond acceptors (Lipinski definition) is 3. The second kappa shape index (κ2) is 8.69. The Bertz CT molecular complexity index is 840. The molecule has 2 amide bonds. The first kappa shape index (κ1) is 19.6. The third kappa shape index (κ3) is 4.76. The topological polar surface area (TPSA) is 72.9 Å². The first-order valence-electron chi connectivity index (χ1n) is 8.96. The van der Waals surface area contributed by atoms with E-state index in [0.29, 0.717) is 31.9 Å². The number of hydrogen-bond donors (Lipinski definition) is 2. The molecule has 148 valence electrons. The van der Waals surface area contributed by atoms with Crippen molar-refractivity contribution in [2.45, 2.75) is 12.5 Å². The zero-order chi connectivity index (χ0) is 20.1. The van der Waals surface area contributed by atoms with Crippen LogP contribution in [-0.2, 0) is 4.79 Å². The van der Waals surface area contributed by atoms with Crippen LogP contribution in [0.5, 0.6) is 0 Å². The molecule has 0 aliphatic carbocycles. The first-order valence-corrected chi connectivity index (χ1v) is 8.96. The maximum Gasteiger partial charge on any atom is 0.405 e. The number of anilines is 1. The van der Waals surface area contributed by atoms with Gasteiger partial charge in [0, 0.05) is 37.9 Å². The number of halogens is 2. The summed E-state index contributed by atoms with van der Waals surface area (Å²) >= 11 is 0. The van der Waals surface area contributed by atoms with Crippen molar-refractivity contribution < 1.29 is 23.5 Å². The quantitative estimate of drug-likeness (QED) is 0.825.